The zero-order valence-corrected chi connectivity index (χ0v) is 26.2. The molecule has 0 atom stereocenters. The van der Waals surface area contributed by atoms with Crippen molar-refractivity contribution in [2.45, 2.75) is 37.8 Å². The number of hydrogen-bond acceptors (Lipinski definition) is 8. The van der Waals surface area contributed by atoms with Gasteiger partial charge in [0.1, 0.15) is 33.7 Å². The van der Waals surface area contributed by atoms with Crippen LogP contribution in [0, 0.1) is 0 Å². The summed E-state index contributed by atoms with van der Waals surface area (Å²) in [5.41, 5.74) is 11.2. The van der Waals surface area contributed by atoms with E-state index in [1.807, 2.05) is 73.1 Å². The molecule has 1 saturated carbocycles. The van der Waals surface area contributed by atoms with Crippen LogP contribution in [0.25, 0.3) is 66.4 Å². The maximum Gasteiger partial charge on any atom is 0.139 e. The van der Waals surface area contributed by atoms with Gasteiger partial charge in [0.2, 0.25) is 0 Å². The number of nitrogens with zero attached hydrogens (tertiary/aromatic N) is 4. The summed E-state index contributed by atoms with van der Waals surface area (Å²) in [5.74, 6) is 2.44. The van der Waals surface area contributed by atoms with Gasteiger partial charge >= 0.3 is 0 Å². The van der Waals surface area contributed by atoms with Gasteiger partial charge in [0.25, 0.3) is 0 Å². The number of furan rings is 2. The molecule has 1 fully saturated rings. The lowest BCUT2D eigenvalue weighted by Crippen LogP contribution is -2.33. The van der Waals surface area contributed by atoms with E-state index in [9.17, 15) is 0 Å². The van der Waals surface area contributed by atoms with Crippen molar-refractivity contribution >= 4 is 61.2 Å². The summed E-state index contributed by atoms with van der Waals surface area (Å²) < 4.78 is 11.9. The Morgan fingerprint density at radius 1 is 0.617 bits per heavy atom. The molecule has 2 aromatic carbocycles. The lowest BCUT2D eigenvalue weighted by Gasteiger charge is -2.27. The Bertz CT molecular complexity index is 2290. The molecule has 232 valence electrons. The first-order chi connectivity index (χ1) is 23.1. The molecule has 9 rings (SSSR count). The number of hydrogen-bond donors (Lipinski definition) is 2. The fourth-order valence-corrected chi connectivity index (χ4v) is 6.35. The first-order valence-corrected chi connectivity index (χ1v) is 16.1. The Labute approximate surface area is 275 Å². The van der Waals surface area contributed by atoms with Crippen molar-refractivity contribution < 1.29 is 8.83 Å². The summed E-state index contributed by atoms with van der Waals surface area (Å²) >= 11 is 5.99. The van der Waals surface area contributed by atoms with E-state index in [1.165, 1.54) is 0 Å². The van der Waals surface area contributed by atoms with Gasteiger partial charge in [-0.2, -0.15) is 0 Å². The van der Waals surface area contributed by atoms with Crippen LogP contribution >= 0.6 is 11.6 Å². The molecule has 0 saturated heterocycles. The van der Waals surface area contributed by atoms with Gasteiger partial charge in [-0.15, -0.1) is 0 Å². The molecule has 0 radical (unpaired) electrons. The van der Waals surface area contributed by atoms with Crippen LogP contribution in [0.5, 0.6) is 0 Å². The van der Waals surface area contributed by atoms with E-state index >= 15 is 0 Å². The number of halogens is 1. The molecule has 1 aliphatic rings. The van der Waals surface area contributed by atoms with Crippen LogP contribution in [0.4, 0.5) is 5.82 Å². The number of rotatable bonds is 4. The number of fused-ring (bicyclic) bond motifs is 4. The van der Waals surface area contributed by atoms with E-state index in [0.717, 1.165) is 97.9 Å². The largest absolute Gasteiger partial charge is 0.456 e. The highest BCUT2D eigenvalue weighted by Gasteiger charge is 2.19. The average molecular weight is 639 g/mol. The fraction of sp³-hybridized carbons (Fsp3) is 0.158. The minimum Gasteiger partial charge on any atom is -0.456 e. The van der Waals surface area contributed by atoms with Gasteiger partial charge < -0.3 is 19.9 Å². The SMILES string of the molecule is Clc1ccc2cncc(-c3cc4ccccc4o3)c2n1.NC1CCC(Nc2ccc3cncc(-c4cc5ccccc5o4)c3n2)CC1. The zero-order chi connectivity index (χ0) is 31.7. The van der Waals surface area contributed by atoms with Crippen LogP contribution in [-0.4, -0.2) is 32.0 Å². The van der Waals surface area contributed by atoms with E-state index in [2.05, 4.69) is 38.5 Å². The highest BCUT2D eigenvalue weighted by molar-refractivity contribution is 6.29. The smallest absolute Gasteiger partial charge is 0.139 e. The number of benzene rings is 2. The molecule has 1 aliphatic carbocycles. The molecule has 0 amide bonds. The predicted octanol–water partition coefficient (Wildman–Crippen LogP) is 9.42. The van der Waals surface area contributed by atoms with Gasteiger partial charge in [0.05, 0.1) is 22.2 Å². The Hall–Kier alpha value is -5.31. The first-order valence-electron chi connectivity index (χ1n) is 15.7. The van der Waals surface area contributed by atoms with Crippen molar-refractivity contribution in [1.29, 1.82) is 0 Å². The van der Waals surface area contributed by atoms with E-state index < -0.39 is 0 Å². The van der Waals surface area contributed by atoms with Gasteiger partial charge in [-0.05, 0) is 74.2 Å². The van der Waals surface area contributed by atoms with Crippen LogP contribution in [0.1, 0.15) is 25.7 Å². The van der Waals surface area contributed by atoms with Crippen LogP contribution in [0.3, 0.4) is 0 Å². The van der Waals surface area contributed by atoms with E-state index in [-0.39, 0.29) is 0 Å². The van der Waals surface area contributed by atoms with Crippen molar-refractivity contribution in [3.05, 3.63) is 115 Å². The minimum absolute atomic E-state index is 0.346. The van der Waals surface area contributed by atoms with E-state index in [1.54, 1.807) is 18.5 Å². The Kier molecular flexibility index (Phi) is 7.73. The Morgan fingerprint density at radius 2 is 1.17 bits per heavy atom. The molecule has 0 bridgehead atoms. The predicted molar refractivity (Wildman–Crippen MR) is 188 cm³/mol. The summed E-state index contributed by atoms with van der Waals surface area (Å²) in [6.45, 7) is 0. The molecular weight excluding hydrogens is 608 g/mol. The lowest BCUT2D eigenvalue weighted by molar-refractivity contribution is 0.410. The first kappa shape index (κ1) is 29.1. The second-order valence-electron chi connectivity index (χ2n) is 11.9. The maximum atomic E-state index is 6.05. The van der Waals surface area contributed by atoms with Crippen LogP contribution in [0.15, 0.2) is 119 Å². The third kappa shape index (κ3) is 6.01. The summed E-state index contributed by atoms with van der Waals surface area (Å²) in [6, 6.07) is 28.5. The number of nitrogens with one attached hydrogen (secondary N) is 1. The molecule has 6 heterocycles. The number of aromatic nitrogens is 4. The molecule has 0 unspecified atom stereocenters. The number of pyridine rings is 4. The van der Waals surface area contributed by atoms with Crippen molar-refractivity contribution in [2.24, 2.45) is 5.73 Å². The zero-order valence-electron chi connectivity index (χ0n) is 25.4. The summed E-state index contributed by atoms with van der Waals surface area (Å²) in [4.78, 5) is 17.9. The molecule has 47 heavy (non-hydrogen) atoms. The minimum atomic E-state index is 0.346. The summed E-state index contributed by atoms with van der Waals surface area (Å²) in [5, 5.41) is 8.12. The molecule has 9 heteroatoms. The van der Waals surface area contributed by atoms with Crippen molar-refractivity contribution in [3.63, 3.8) is 0 Å². The third-order valence-electron chi connectivity index (χ3n) is 8.67. The van der Waals surface area contributed by atoms with Crippen molar-refractivity contribution in [3.8, 4) is 22.6 Å². The third-order valence-corrected chi connectivity index (χ3v) is 8.88. The van der Waals surface area contributed by atoms with Crippen LogP contribution < -0.4 is 11.1 Å². The average Bonchev–Trinajstić information content (AvgIpc) is 3.74. The standard InChI is InChI=1S/C22H22N4O.C16H9ClN2O/c23-16-6-8-17(9-7-16)25-21-10-5-15-12-24-13-18(22(15)26-21)20-11-14-3-1-2-4-19(14)27-20;17-15-6-5-11-8-18-9-12(16(11)19-15)14-7-10-3-1-2-4-13(10)20-14/h1-5,10-13,16-17H,6-9,23H2,(H,25,26);1-9H. The maximum absolute atomic E-state index is 6.05. The molecule has 6 aromatic heterocycles. The highest BCUT2D eigenvalue weighted by Crippen LogP contribution is 2.33. The Morgan fingerprint density at radius 3 is 1.77 bits per heavy atom. The van der Waals surface area contributed by atoms with E-state index in [4.69, 9.17) is 31.2 Å². The second-order valence-corrected chi connectivity index (χ2v) is 12.3. The van der Waals surface area contributed by atoms with Gasteiger partial charge in [-0.3, -0.25) is 9.97 Å². The van der Waals surface area contributed by atoms with Gasteiger partial charge in [0, 0.05) is 58.4 Å². The van der Waals surface area contributed by atoms with Crippen LogP contribution in [-0.2, 0) is 0 Å². The fourth-order valence-electron chi connectivity index (χ4n) is 6.21. The van der Waals surface area contributed by atoms with Gasteiger partial charge in [0.15, 0.2) is 0 Å². The number of anilines is 1. The highest BCUT2D eigenvalue weighted by atomic mass is 35.5. The molecule has 0 spiro atoms. The van der Waals surface area contributed by atoms with Gasteiger partial charge in [-0.1, -0.05) is 48.0 Å². The van der Waals surface area contributed by atoms with E-state index in [0.29, 0.717) is 17.2 Å². The van der Waals surface area contributed by atoms with Crippen LogP contribution in [0.2, 0.25) is 5.15 Å². The normalized spacial score (nSPS) is 16.4. The molecule has 8 aromatic rings. The Balaban J connectivity index is 0.000000144. The summed E-state index contributed by atoms with van der Waals surface area (Å²) in [7, 11) is 0. The number of para-hydroxylation sites is 2. The molecule has 8 nitrogen and oxygen atoms in total. The summed E-state index contributed by atoms with van der Waals surface area (Å²) in [6.07, 6.45) is 11.5. The monoisotopic (exact) mass is 638 g/mol. The second kappa shape index (κ2) is 12.5. The number of nitrogens with two attached hydrogens (primary N) is 1. The van der Waals surface area contributed by atoms with Crippen molar-refractivity contribution in [2.75, 3.05) is 5.32 Å². The van der Waals surface area contributed by atoms with Crippen molar-refractivity contribution in [1.82, 2.24) is 19.9 Å². The molecule has 3 N–H and O–H groups in total. The molecule has 0 aliphatic heterocycles. The molecular formula is C38H31ClN6O2. The quantitative estimate of drug-likeness (QED) is 0.183. The van der Waals surface area contributed by atoms with Gasteiger partial charge in [-0.25, -0.2) is 9.97 Å². The lowest BCUT2D eigenvalue weighted by atomic mass is 9.92. The topological polar surface area (TPSA) is 116 Å².